The van der Waals surface area contributed by atoms with Crippen LogP contribution in [0.5, 0.6) is 17.2 Å². The van der Waals surface area contributed by atoms with E-state index in [9.17, 15) is 14.0 Å². The molecule has 2 aromatic carbocycles. The van der Waals surface area contributed by atoms with E-state index in [1.54, 1.807) is 56.8 Å². The Hall–Kier alpha value is -4.40. The predicted molar refractivity (Wildman–Crippen MR) is 138 cm³/mol. The lowest BCUT2D eigenvalue weighted by molar-refractivity contribution is -0.127. The number of piperidine rings is 1. The van der Waals surface area contributed by atoms with Crippen molar-refractivity contribution in [2.45, 2.75) is 25.8 Å². The Labute approximate surface area is 213 Å². The van der Waals surface area contributed by atoms with Crippen molar-refractivity contribution in [2.75, 3.05) is 20.2 Å². The van der Waals surface area contributed by atoms with E-state index in [0.29, 0.717) is 30.0 Å². The third kappa shape index (κ3) is 4.37. The number of likely N-dealkylation sites (tertiary alicyclic amines) is 1. The van der Waals surface area contributed by atoms with Crippen LogP contribution in [0.4, 0.5) is 4.39 Å². The Morgan fingerprint density at radius 1 is 1.16 bits per heavy atom. The van der Waals surface area contributed by atoms with Gasteiger partial charge in [-0.15, -0.1) is 0 Å². The van der Waals surface area contributed by atoms with Gasteiger partial charge in [0, 0.05) is 19.3 Å². The number of amides is 1. The van der Waals surface area contributed by atoms with E-state index in [-0.39, 0.29) is 29.1 Å². The molecule has 0 aliphatic carbocycles. The van der Waals surface area contributed by atoms with Crippen LogP contribution in [0.1, 0.15) is 24.4 Å². The molecule has 37 heavy (non-hydrogen) atoms. The van der Waals surface area contributed by atoms with Gasteiger partial charge in [-0.3, -0.25) is 18.9 Å². The first-order valence-corrected chi connectivity index (χ1v) is 12.0. The van der Waals surface area contributed by atoms with Crippen molar-refractivity contribution in [1.29, 1.82) is 0 Å². The van der Waals surface area contributed by atoms with E-state index in [2.05, 4.69) is 11.6 Å². The zero-order valence-electron chi connectivity index (χ0n) is 20.7. The summed E-state index contributed by atoms with van der Waals surface area (Å²) in [5.74, 6) is -0.189. The van der Waals surface area contributed by atoms with Crippen molar-refractivity contribution in [3.05, 3.63) is 89.4 Å². The van der Waals surface area contributed by atoms with Crippen LogP contribution in [-0.2, 0) is 4.79 Å². The first-order valence-electron chi connectivity index (χ1n) is 12.0. The van der Waals surface area contributed by atoms with Gasteiger partial charge in [-0.1, -0.05) is 12.6 Å². The summed E-state index contributed by atoms with van der Waals surface area (Å²) in [4.78, 5) is 32.2. The molecule has 0 saturated carbocycles. The maximum absolute atomic E-state index is 14.5. The van der Waals surface area contributed by atoms with Gasteiger partial charge in [0.1, 0.15) is 5.75 Å². The number of fused-ring (bicyclic) bond motifs is 1. The lowest BCUT2D eigenvalue weighted by Gasteiger charge is -2.32. The maximum atomic E-state index is 14.5. The Morgan fingerprint density at radius 2 is 1.92 bits per heavy atom. The summed E-state index contributed by atoms with van der Waals surface area (Å²) in [5.41, 5.74) is 2.74. The summed E-state index contributed by atoms with van der Waals surface area (Å²) in [5, 5.41) is 0. The molecule has 1 aliphatic heterocycles. The van der Waals surface area contributed by atoms with E-state index >= 15 is 0 Å². The van der Waals surface area contributed by atoms with Crippen molar-refractivity contribution in [2.24, 2.45) is 0 Å². The third-order valence-electron chi connectivity index (χ3n) is 6.68. The number of ether oxygens (including phenoxy) is 2. The number of methoxy groups -OCH3 is 1. The lowest BCUT2D eigenvalue weighted by atomic mass is 10.0. The summed E-state index contributed by atoms with van der Waals surface area (Å²) >= 11 is 0. The fourth-order valence-electron chi connectivity index (χ4n) is 4.93. The van der Waals surface area contributed by atoms with Crippen LogP contribution >= 0.6 is 0 Å². The molecule has 1 atom stereocenters. The maximum Gasteiger partial charge on any atom is 0.334 e. The van der Waals surface area contributed by atoms with Crippen LogP contribution in [0.3, 0.4) is 0 Å². The first-order chi connectivity index (χ1) is 17.9. The highest BCUT2D eigenvalue weighted by atomic mass is 19.1. The number of halogens is 1. The number of nitrogens with zero attached hydrogens (tertiary/aromatic N) is 4. The number of carbonyl (C=O) groups excluding carboxylic acids is 1. The van der Waals surface area contributed by atoms with Gasteiger partial charge >= 0.3 is 5.69 Å². The molecular weight excluding hydrogens is 475 g/mol. The van der Waals surface area contributed by atoms with E-state index in [0.717, 1.165) is 23.9 Å². The highest BCUT2D eigenvalue weighted by Crippen LogP contribution is 2.32. The second kappa shape index (κ2) is 9.93. The summed E-state index contributed by atoms with van der Waals surface area (Å²) in [6.45, 7) is 6.60. The molecule has 1 fully saturated rings. The van der Waals surface area contributed by atoms with Crippen LogP contribution in [0.25, 0.3) is 16.7 Å². The molecule has 9 heteroatoms. The van der Waals surface area contributed by atoms with Gasteiger partial charge in [-0.05, 0) is 67.8 Å². The minimum atomic E-state index is -0.591. The predicted octanol–water partition coefficient (Wildman–Crippen LogP) is 4.79. The largest absolute Gasteiger partial charge is 0.494 e. The van der Waals surface area contributed by atoms with Crippen molar-refractivity contribution in [3.8, 4) is 22.9 Å². The normalized spacial score (nSPS) is 15.5. The van der Waals surface area contributed by atoms with Crippen molar-refractivity contribution in [3.63, 3.8) is 0 Å². The summed E-state index contributed by atoms with van der Waals surface area (Å²) in [6, 6.07) is 11.4. The molecule has 1 saturated heterocycles. The quantitative estimate of drug-likeness (QED) is 0.355. The number of hydrogen-bond donors (Lipinski definition) is 0. The average Bonchev–Trinajstić information content (AvgIpc) is 3.23. The van der Waals surface area contributed by atoms with Crippen LogP contribution in [0.15, 0.2) is 72.3 Å². The fourth-order valence-corrected chi connectivity index (χ4v) is 4.93. The van der Waals surface area contributed by atoms with E-state index in [1.165, 1.54) is 25.3 Å². The number of rotatable bonds is 6. The second-order valence-corrected chi connectivity index (χ2v) is 8.96. The van der Waals surface area contributed by atoms with Gasteiger partial charge in [-0.25, -0.2) is 4.79 Å². The summed E-state index contributed by atoms with van der Waals surface area (Å²) in [6.07, 6.45) is 6.29. The molecule has 2 aromatic heterocycles. The van der Waals surface area contributed by atoms with Gasteiger partial charge in [0.2, 0.25) is 11.7 Å². The molecule has 4 aromatic rings. The highest BCUT2D eigenvalue weighted by Gasteiger charge is 2.28. The number of aromatic nitrogens is 3. The van der Waals surface area contributed by atoms with Gasteiger partial charge in [0.05, 0.1) is 36.1 Å². The zero-order valence-corrected chi connectivity index (χ0v) is 20.7. The Kier molecular flexibility index (Phi) is 6.52. The Morgan fingerprint density at radius 3 is 2.65 bits per heavy atom. The Bertz CT molecular complexity index is 1540. The number of hydrogen-bond acceptors (Lipinski definition) is 5. The smallest absolute Gasteiger partial charge is 0.334 e. The molecular formula is C28H27FN4O4. The topological polar surface area (TPSA) is 78.6 Å². The van der Waals surface area contributed by atoms with Crippen LogP contribution in [0, 0.1) is 12.7 Å². The van der Waals surface area contributed by atoms with Gasteiger partial charge in [0.15, 0.2) is 11.5 Å². The van der Waals surface area contributed by atoms with Crippen molar-refractivity contribution < 1.29 is 18.7 Å². The standard InChI is InChI=1S/C28H27FN4O4/c1-4-25(34)31-14-6-7-20(17-31)33-27-18(2)15-30-16-22(27)32(28(33)35)19-10-12-21(13-11-19)37-24-9-5-8-23(36-3)26(24)29/h4-5,8-13,15-16,20H,1,6-7,14,17H2,2-3H3. The molecule has 1 unspecified atom stereocenters. The number of pyridine rings is 1. The van der Waals surface area contributed by atoms with Crippen LogP contribution in [0.2, 0.25) is 0 Å². The first kappa shape index (κ1) is 24.3. The number of benzene rings is 2. The number of aryl methyl sites for hydroxylation is 1. The fraction of sp³-hybridized carbons (Fsp3) is 0.250. The zero-order chi connectivity index (χ0) is 26.1. The lowest BCUT2D eigenvalue weighted by Crippen LogP contribution is -2.42. The van der Waals surface area contributed by atoms with Gasteiger partial charge in [0.25, 0.3) is 0 Å². The summed E-state index contributed by atoms with van der Waals surface area (Å²) in [7, 11) is 1.39. The molecule has 0 bridgehead atoms. The molecule has 0 N–H and O–H groups in total. The molecule has 8 nitrogen and oxygen atoms in total. The van der Waals surface area contributed by atoms with Crippen molar-refractivity contribution >= 4 is 16.9 Å². The molecule has 1 amide bonds. The third-order valence-corrected chi connectivity index (χ3v) is 6.68. The van der Waals surface area contributed by atoms with E-state index < -0.39 is 5.82 Å². The summed E-state index contributed by atoms with van der Waals surface area (Å²) < 4.78 is 28.6. The van der Waals surface area contributed by atoms with Crippen molar-refractivity contribution in [1.82, 2.24) is 19.0 Å². The SMILES string of the molecule is C=CC(=O)N1CCCC(n2c(=O)n(-c3ccc(Oc4cccc(OC)c4F)cc3)c3cncc(C)c32)C1. The van der Waals surface area contributed by atoms with E-state index in [1.807, 2.05) is 6.92 Å². The van der Waals surface area contributed by atoms with Crippen LogP contribution in [-0.4, -0.2) is 45.1 Å². The molecule has 3 heterocycles. The molecule has 0 radical (unpaired) electrons. The average molecular weight is 503 g/mol. The van der Waals surface area contributed by atoms with Gasteiger partial charge in [-0.2, -0.15) is 4.39 Å². The molecule has 0 spiro atoms. The molecule has 5 rings (SSSR count). The minimum absolute atomic E-state index is 0.0385. The minimum Gasteiger partial charge on any atom is -0.494 e. The Balaban J connectivity index is 1.53. The molecule has 190 valence electrons. The van der Waals surface area contributed by atoms with Crippen LogP contribution < -0.4 is 15.2 Å². The number of carbonyl (C=O) groups is 1. The second-order valence-electron chi connectivity index (χ2n) is 8.96. The monoisotopic (exact) mass is 502 g/mol. The molecule has 1 aliphatic rings. The highest BCUT2D eigenvalue weighted by molar-refractivity contribution is 5.87. The number of imidazole rings is 1. The van der Waals surface area contributed by atoms with Gasteiger partial charge < -0.3 is 14.4 Å². The van der Waals surface area contributed by atoms with E-state index in [4.69, 9.17) is 9.47 Å².